The number of hydrogen-bond donors (Lipinski definition) is 0. The topological polar surface area (TPSA) is 0 Å². The van der Waals surface area contributed by atoms with Gasteiger partial charge in [-0.2, -0.15) is 0 Å². The molecule has 0 aliphatic rings. The van der Waals surface area contributed by atoms with E-state index in [1.54, 1.807) is 6.08 Å². The summed E-state index contributed by atoms with van der Waals surface area (Å²) in [6.45, 7) is 5.65. The Balaban J connectivity index is 3.45. The summed E-state index contributed by atoms with van der Waals surface area (Å²) in [5.74, 6) is 0. The van der Waals surface area contributed by atoms with E-state index in [0.717, 1.165) is 19.3 Å². The van der Waals surface area contributed by atoms with Gasteiger partial charge in [0, 0.05) is 6.42 Å². The minimum atomic E-state index is -1.05. The first-order valence-electron chi connectivity index (χ1n) is 4.11. The molecule has 11 heavy (non-hydrogen) atoms. The summed E-state index contributed by atoms with van der Waals surface area (Å²) in [4.78, 5) is 0. The monoisotopic (exact) mass is 270 g/mol. The average Bonchev–Trinajstić information content (AvgIpc) is 1.87. The van der Waals surface area contributed by atoms with Crippen LogP contribution in [0.25, 0.3) is 0 Å². The van der Waals surface area contributed by atoms with Gasteiger partial charge in [0.25, 0.3) is 0 Å². The van der Waals surface area contributed by atoms with Crippen LogP contribution < -0.4 is 0 Å². The van der Waals surface area contributed by atoms with E-state index in [4.69, 9.17) is 0 Å². The normalized spacial score (nSPS) is 15.9. The SMILES string of the molecule is C=CCC(F)(I)CCCCC. The molecule has 0 saturated carbocycles. The molecule has 0 N–H and O–H groups in total. The molecule has 0 aliphatic heterocycles. The fraction of sp³-hybridized carbons (Fsp3) is 0.778. The highest BCUT2D eigenvalue weighted by molar-refractivity contribution is 14.1. The third-order valence-corrected chi connectivity index (χ3v) is 2.57. The Kier molecular flexibility index (Phi) is 6.19. The fourth-order valence-corrected chi connectivity index (χ4v) is 1.64. The lowest BCUT2D eigenvalue weighted by atomic mass is 10.1. The van der Waals surface area contributed by atoms with E-state index in [0.29, 0.717) is 12.8 Å². The van der Waals surface area contributed by atoms with E-state index in [1.165, 1.54) is 0 Å². The third-order valence-electron chi connectivity index (χ3n) is 1.59. The Morgan fingerprint density at radius 2 is 2.18 bits per heavy atom. The summed E-state index contributed by atoms with van der Waals surface area (Å²) in [7, 11) is 0. The Hall–Kier alpha value is 0.400. The van der Waals surface area contributed by atoms with Crippen LogP contribution in [0.15, 0.2) is 12.7 Å². The van der Waals surface area contributed by atoms with E-state index < -0.39 is 3.68 Å². The molecule has 0 fully saturated rings. The third kappa shape index (κ3) is 6.78. The zero-order valence-corrected chi connectivity index (χ0v) is 9.23. The summed E-state index contributed by atoms with van der Waals surface area (Å²) in [5, 5.41) is 0. The van der Waals surface area contributed by atoms with Crippen molar-refractivity contribution in [1.29, 1.82) is 0 Å². The van der Waals surface area contributed by atoms with Crippen molar-refractivity contribution in [3.8, 4) is 0 Å². The van der Waals surface area contributed by atoms with E-state index in [1.807, 2.05) is 22.6 Å². The van der Waals surface area contributed by atoms with Gasteiger partial charge in [-0.1, -0.05) is 25.8 Å². The molecule has 0 nitrogen and oxygen atoms in total. The molecule has 0 heterocycles. The van der Waals surface area contributed by atoms with Gasteiger partial charge in [0.1, 0.15) is 0 Å². The lowest BCUT2D eigenvalue weighted by Crippen LogP contribution is -2.11. The molecule has 0 rings (SSSR count). The molecule has 0 radical (unpaired) electrons. The smallest absolute Gasteiger partial charge is 0.164 e. The average molecular weight is 270 g/mol. The van der Waals surface area contributed by atoms with Gasteiger partial charge in [0.2, 0.25) is 0 Å². The molecule has 1 atom stereocenters. The molecule has 0 aromatic carbocycles. The number of allylic oxidation sites excluding steroid dienone is 1. The van der Waals surface area contributed by atoms with Gasteiger partial charge in [-0.05, 0) is 35.4 Å². The molecule has 0 aliphatic carbocycles. The molecule has 66 valence electrons. The zero-order valence-electron chi connectivity index (χ0n) is 7.08. The highest BCUT2D eigenvalue weighted by Crippen LogP contribution is 2.31. The first kappa shape index (κ1) is 11.4. The van der Waals surface area contributed by atoms with Crippen LogP contribution in [0.1, 0.15) is 39.0 Å². The molecule has 2 heteroatoms. The minimum absolute atomic E-state index is 0.470. The largest absolute Gasteiger partial charge is 0.232 e. The molecular weight excluding hydrogens is 254 g/mol. The Morgan fingerprint density at radius 3 is 2.64 bits per heavy atom. The summed E-state index contributed by atoms with van der Waals surface area (Å²) in [5.41, 5.74) is 0. The van der Waals surface area contributed by atoms with Crippen molar-refractivity contribution in [2.45, 2.75) is 42.7 Å². The standard InChI is InChI=1S/C9H16FI/c1-3-5-6-8-9(10,11)7-4-2/h4H,2-3,5-8H2,1H3. The van der Waals surface area contributed by atoms with E-state index >= 15 is 0 Å². The maximum Gasteiger partial charge on any atom is 0.164 e. The van der Waals surface area contributed by atoms with E-state index in [2.05, 4.69) is 13.5 Å². The Morgan fingerprint density at radius 1 is 1.55 bits per heavy atom. The van der Waals surface area contributed by atoms with Gasteiger partial charge in [-0.25, -0.2) is 4.39 Å². The number of unbranched alkanes of at least 4 members (excludes halogenated alkanes) is 2. The Bertz CT molecular complexity index is 110. The summed E-state index contributed by atoms with van der Waals surface area (Å²) in [6.07, 6.45) is 6.06. The second-order valence-electron chi connectivity index (χ2n) is 2.81. The van der Waals surface area contributed by atoms with E-state index in [9.17, 15) is 4.39 Å². The maximum absolute atomic E-state index is 13.3. The van der Waals surface area contributed by atoms with Crippen LogP contribution in [-0.4, -0.2) is 3.68 Å². The molecular formula is C9H16FI. The van der Waals surface area contributed by atoms with Crippen molar-refractivity contribution in [3.63, 3.8) is 0 Å². The van der Waals surface area contributed by atoms with E-state index in [-0.39, 0.29) is 0 Å². The maximum atomic E-state index is 13.3. The van der Waals surface area contributed by atoms with Gasteiger partial charge in [0.05, 0.1) is 0 Å². The predicted octanol–water partition coefficient (Wildman–Crippen LogP) is 4.24. The molecule has 1 unspecified atom stereocenters. The van der Waals surface area contributed by atoms with Crippen molar-refractivity contribution >= 4 is 22.6 Å². The summed E-state index contributed by atoms with van der Waals surface area (Å²) >= 11 is 1.88. The first-order valence-corrected chi connectivity index (χ1v) is 5.19. The molecule has 0 aromatic rings. The first-order chi connectivity index (χ1) is 5.12. The number of rotatable bonds is 6. The van der Waals surface area contributed by atoms with Crippen LogP contribution in [0.4, 0.5) is 4.39 Å². The quantitative estimate of drug-likeness (QED) is 0.293. The van der Waals surface area contributed by atoms with Crippen molar-refractivity contribution in [1.82, 2.24) is 0 Å². The summed E-state index contributed by atoms with van der Waals surface area (Å²) < 4.78 is 12.3. The van der Waals surface area contributed by atoms with Gasteiger partial charge < -0.3 is 0 Å². The molecule has 0 bridgehead atoms. The fourth-order valence-electron chi connectivity index (χ4n) is 0.947. The number of hydrogen-bond acceptors (Lipinski definition) is 0. The van der Waals surface area contributed by atoms with Gasteiger partial charge >= 0.3 is 0 Å². The highest BCUT2D eigenvalue weighted by atomic mass is 127. The van der Waals surface area contributed by atoms with Crippen LogP contribution in [0.5, 0.6) is 0 Å². The number of halogens is 2. The van der Waals surface area contributed by atoms with Crippen molar-refractivity contribution in [2.24, 2.45) is 0 Å². The number of alkyl halides is 2. The molecule has 0 spiro atoms. The Labute approximate surface area is 82.4 Å². The van der Waals surface area contributed by atoms with Crippen LogP contribution in [-0.2, 0) is 0 Å². The van der Waals surface area contributed by atoms with Crippen molar-refractivity contribution in [3.05, 3.63) is 12.7 Å². The molecule has 0 aromatic heterocycles. The van der Waals surface area contributed by atoms with Crippen LogP contribution in [0, 0.1) is 0 Å². The van der Waals surface area contributed by atoms with Crippen molar-refractivity contribution in [2.75, 3.05) is 0 Å². The van der Waals surface area contributed by atoms with Gasteiger partial charge in [-0.3, -0.25) is 0 Å². The molecule has 0 saturated heterocycles. The van der Waals surface area contributed by atoms with Gasteiger partial charge in [-0.15, -0.1) is 6.58 Å². The van der Waals surface area contributed by atoms with Gasteiger partial charge in [0.15, 0.2) is 3.68 Å². The highest BCUT2D eigenvalue weighted by Gasteiger charge is 2.22. The predicted molar refractivity (Wildman–Crippen MR) is 56.8 cm³/mol. The zero-order chi connectivity index (χ0) is 8.74. The minimum Gasteiger partial charge on any atom is -0.232 e. The van der Waals surface area contributed by atoms with Crippen LogP contribution in [0.3, 0.4) is 0 Å². The second-order valence-corrected chi connectivity index (χ2v) is 4.74. The van der Waals surface area contributed by atoms with Crippen LogP contribution >= 0.6 is 22.6 Å². The second kappa shape index (κ2) is 5.98. The van der Waals surface area contributed by atoms with Crippen molar-refractivity contribution < 1.29 is 4.39 Å². The van der Waals surface area contributed by atoms with Crippen LogP contribution in [0.2, 0.25) is 0 Å². The summed E-state index contributed by atoms with van der Waals surface area (Å²) in [6, 6.07) is 0. The molecule has 0 amide bonds. The lowest BCUT2D eigenvalue weighted by molar-refractivity contribution is 0.287. The lowest BCUT2D eigenvalue weighted by Gasteiger charge is -2.15.